The Balaban J connectivity index is 2.61. The first-order chi connectivity index (χ1) is 9.44. The molecule has 1 aromatic rings. The quantitative estimate of drug-likeness (QED) is 0.252. The predicted molar refractivity (Wildman–Crippen MR) is 68.2 cm³/mol. The lowest BCUT2D eigenvalue weighted by Crippen LogP contribution is -2.36. The van der Waals surface area contributed by atoms with Crippen molar-refractivity contribution in [2.24, 2.45) is 10.8 Å². The van der Waals surface area contributed by atoms with E-state index in [4.69, 9.17) is 10.6 Å². The van der Waals surface area contributed by atoms with Gasteiger partial charge in [-0.05, 0) is 24.3 Å². The van der Waals surface area contributed by atoms with Gasteiger partial charge in [-0.3, -0.25) is 5.43 Å². The van der Waals surface area contributed by atoms with Crippen molar-refractivity contribution in [3.63, 3.8) is 0 Å². The van der Waals surface area contributed by atoms with Crippen LogP contribution in [0.2, 0.25) is 0 Å². The molecule has 0 saturated carbocycles. The summed E-state index contributed by atoms with van der Waals surface area (Å²) in [6.07, 6.45) is -4.71. The molecule has 0 radical (unpaired) electrons. The maximum absolute atomic E-state index is 12.0. The van der Waals surface area contributed by atoms with Gasteiger partial charge in [-0.2, -0.15) is 0 Å². The van der Waals surface area contributed by atoms with E-state index < -0.39 is 6.36 Å². The van der Waals surface area contributed by atoms with E-state index >= 15 is 0 Å². The molecule has 0 aliphatic heterocycles. The molecule has 1 aromatic carbocycles. The molecule has 0 bridgehead atoms. The van der Waals surface area contributed by atoms with Crippen LogP contribution in [0.5, 0.6) is 5.75 Å². The first kappa shape index (κ1) is 16.1. The number of halogens is 3. The summed E-state index contributed by atoms with van der Waals surface area (Å²) in [5.41, 5.74) is 2.84. The lowest BCUT2D eigenvalue weighted by molar-refractivity contribution is -0.274. The molecule has 0 aliphatic rings. The van der Waals surface area contributed by atoms with Crippen molar-refractivity contribution < 1.29 is 22.6 Å². The third-order valence-electron chi connectivity index (χ3n) is 2.05. The Labute approximate surface area is 113 Å². The first-order valence-electron chi connectivity index (χ1n) is 5.57. The number of hydrazine groups is 1. The Morgan fingerprint density at radius 1 is 1.30 bits per heavy atom. The summed E-state index contributed by atoms with van der Waals surface area (Å²) < 4.78 is 44.5. The summed E-state index contributed by atoms with van der Waals surface area (Å²) in [6, 6.07) is 5.17. The summed E-state index contributed by atoms with van der Waals surface area (Å²) in [5, 5.41) is 2.80. The third kappa shape index (κ3) is 6.25. The van der Waals surface area contributed by atoms with Crippen LogP contribution in [0.4, 0.5) is 18.9 Å². The van der Waals surface area contributed by atoms with Crippen LogP contribution in [0.15, 0.2) is 29.3 Å². The summed E-state index contributed by atoms with van der Waals surface area (Å²) in [6.45, 7) is 0.809. The number of hydrogen-bond donors (Lipinski definition) is 3. The Bertz CT molecular complexity index is 434. The van der Waals surface area contributed by atoms with E-state index in [9.17, 15) is 13.2 Å². The lowest BCUT2D eigenvalue weighted by atomic mass is 10.3. The van der Waals surface area contributed by atoms with Crippen LogP contribution in [0.1, 0.15) is 0 Å². The Hall–Kier alpha value is -2.00. The topological polar surface area (TPSA) is 80.9 Å². The molecule has 1 rings (SSSR count). The van der Waals surface area contributed by atoms with Gasteiger partial charge in [0.2, 0.25) is 5.96 Å². The zero-order chi connectivity index (χ0) is 15.0. The number of nitrogens with two attached hydrogens (primary N) is 1. The molecule has 0 amide bonds. The number of hydrogen-bond acceptors (Lipinski definition) is 4. The molecular formula is C11H15F3N4O2. The summed E-state index contributed by atoms with van der Waals surface area (Å²) in [7, 11) is 1.54. The smallest absolute Gasteiger partial charge is 0.406 e. The Morgan fingerprint density at radius 3 is 2.45 bits per heavy atom. The number of nitrogens with zero attached hydrogens (tertiary/aromatic N) is 1. The van der Waals surface area contributed by atoms with Crippen molar-refractivity contribution in [3.05, 3.63) is 24.3 Å². The van der Waals surface area contributed by atoms with E-state index in [1.165, 1.54) is 31.4 Å². The van der Waals surface area contributed by atoms with Gasteiger partial charge in [0, 0.05) is 12.8 Å². The number of benzene rings is 1. The highest BCUT2D eigenvalue weighted by Gasteiger charge is 2.30. The molecule has 0 spiro atoms. The molecular weight excluding hydrogens is 277 g/mol. The largest absolute Gasteiger partial charge is 0.573 e. The number of aliphatic imine (C=N–C) groups is 1. The van der Waals surface area contributed by atoms with Gasteiger partial charge in [0.1, 0.15) is 5.75 Å². The number of alkyl halides is 3. The highest BCUT2D eigenvalue weighted by molar-refractivity contribution is 5.93. The van der Waals surface area contributed by atoms with E-state index in [-0.39, 0.29) is 11.7 Å². The maximum atomic E-state index is 12.0. The minimum atomic E-state index is -4.71. The molecule has 0 atom stereocenters. The number of nitrogens with one attached hydrogen (secondary N) is 2. The van der Waals surface area contributed by atoms with E-state index in [0.29, 0.717) is 18.8 Å². The Morgan fingerprint density at radius 2 is 1.95 bits per heavy atom. The van der Waals surface area contributed by atoms with Crippen LogP contribution in [0.25, 0.3) is 0 Å². The van der Waals surface area contributed by atoms with Crippen molar-refractivity contribution in [2.45, 2.75) is 6.36 Å². The molecule has 0 aliphatic carbocycles. The second-order valence-electron chi connectivity index (χ2n) is 3.56. The van der Waals surface area contributed by atoms with Gasteiger partial charge in [-0.1, -0.05) is 0 Å². The van der Waals surface area contributed by atoms with E-state index in [1.54, 1.807) is 0 Å². The van der Waals surface area contributed by atoms with Gasteiger partial charge in [0.15, 0.2) is 0 Å². The number of anilines is 1. The molecule has 112 valence electrons. The highest BCUT2D eigenvalue weighted by atomic mass is 19.4. The van der Waals surface area contributed by atoms with Gasteiger partial charge < -0.3 is 14.8 Å². The van der Waals surface area contributed by atoms with Crippen molar-refractivity contribution in [1.29, 1.82) is 0 Å². The summed E-state index contributed by atoms with van der Waals surface area (Å²) in [5.74, 6) is 5.22. The maximum Gasteiger partial charge on any atom is 0.573 e. The SMILES string of the molecule is COCCN=C(NN)Nc1ccc(OC(F)(F)F)cc1. The predicted octanol–water partition coefficient (Wildman–Crippen LogP) is 1.46. The molecule has 9 heteroatoms. The minimum absolute atomic E-state index is 0.270. The number of ether oxygens (including phenoxy) is 2. The minimum Gasteiger partial charge on any atom is -0.406 e. The van der Waals surface area contributed by atoms with Crippen LogP contribution >= 0.6 is 0 Å². The first-order valence-corrected chi connectivity index (χ1v) is 5.57. The third-order valence-corrected chi connectivity index (χ3v) is 2.05. The Kier molecular flexibility index (Phi) is 6.07. The van der Waals surface area contributed by atoms with Crippen LogP contribution in [-0.2, 0) is 4.74 Å². The van der Waals surface area contributed by atoms with Crippen LogP contribution < -0.4 is 21.3 Å². The molecule has 0 fully saturated rings. The second kappa shape index (κ2) is 7.56. The molecule has 6 nitrogen and oxygen atoms in total. The zero-order valence-corrected chi connectivity index (χ0v) is 10.7. The normalized spacial score (nSPS) is 12.2. The van der Waals surface area contributed by atoms with Crippen LogP contribution in [0, 0.1) is 0 Å². The summed E-state index contributed by atoms with van der Waals surface area (Å²) >= 11 is 0. The summed E-state index contributed by atoms with van der Waals surface area (Å²) in [4.78, 5) is 4.04. The number of methoxy groups -OCH3 is 1. The molecule has 0 saturated heterocycles. The van der Waals surface area contributed by atoms with Gasteiger partial charge in [0.25, 0.3) is 0 Å². The molecule has 0 unspecified atom stereocenters. The standard InChI is InChI=1S/C11H15F3N4O2/c1-19-7-6-16-10(18-15)17-8-2-4-9(5-3-8)20-11(12,13)14/h2-5H,6-7,15H2,1H3,(H2,16,17,18). The molecule has 0 heterocycles. The van der Waals surface area contributed by atoms with Gasteiger partial charge in [0.05, 0.1) is 13.2 Å². The molecule has 20 heavy (non-hydrogen) atoms. The van der Waals surface area contributed by atoms with Gasteiger partial charge >= 0.3 is 6.36 Å². The van der Waals surface area contributed by atoms with Crippen molar-refractivity contribution in [2.75, 3.05) is 25.6 Å². The van der Waals surface area contributed by atoms with Gasteiger partial charge in [-0.25, -0.2) is 10.8 Å². The number of guanidine groups is 1. The molecule has 4 N–H and O–H groups in total. The van der Waals surface area contributed by atoms with Crippen LogP contribution in [-0.4, -0.2) is 32.6 Å². The van der Waals surface area contributed by atoms with E-state index in [2.05, 4.69) is 20.5 Å². The van der Waals surface area contributed by atoms with E-state index in [1.807, 2.05) is 0 Å². The van der Waals surface area contributed by atoms with Crippen molar-refractivity contribution in [1.82, 2.24) is 5.43 Å². The fourth-order valence-electron chi connectivity index (χ4n) is 1.25. The average Bonchev–Trinajstić information content (AvgIpc) is 2.38. The zero-order valence-electron chi connectivity index (χ0n) is 10.7. The van der Waals surface area contributed by atoms with Gasteiger partial charge in [-0.15, -0.1) is 13.2 Å². The van der Waals surface area contributed by atoms with Crippen molar-refractivity contribution >= 4 is 11.6 Å². The van der Waals surface area contributed by atoms with Crippen LogP contribution in [0.3, 0.4) is 0 Å². The monoisotopic (exact) mass is 292 g/mol. The fourth-order valence-corrected chi connectivity index (χ4v) is 1.25. The molecule has 0 aromatic heterocycles. The number of rotatable bonds is 5. The van der Waals surface area contributed by atoms with Crippen molar-refractivity contribution in [3.8, 4) is 5.75 Å². The lowest BCUT2D eigenvalue weighted by Gasteiger charge is -2.11. The average molecular weight is 292 g/mol. The highest BCUT2D eigenvalue weighted by Crippen LogP contribution is 2.23. The second-order valence-corrected chi connectivity index (χ2v) is 3.56. The van der Waals surface area contributed by atoms with E-state index in [0.717, 1.165) is 0 Å². The fraction of sp³-hybridized carbons (Fsp3) is 0.364.